The van der Waals surface area contributed by atoms with Crippen LogP contribution in [0, 0.1) is 0 Å². The van der Waals surface area contributed by atoms with Crippen LogP contribution in [0.5, 0.6) is 0 Å². The molecule has 1 aromatic carbocycles. The molecule has 1 saturated heterocycles. The number of hydrogen-bond acceptors (Lipinski definition) is 4. The number of ether oxygens (including phenoxy) is 1. The second-order valence-corrected chi connectivity index (χ2v) is 5.81. The topological polar surface area (TPSA) is 46.9 Å². The summed E-state index contributed by atoms with van der Waals surface area (Å²) in [6.45, 7) is 3.36. The molecule has 1 aliphatic rings. The minimum absolute atomic E-state index is 0.325. The Kier molecular flexibility index (Phi) is 4.67. The highest BCUT2D eigenvalue weighted by molar-refractivity contribution is 6.30. The van der Waals surface area contributed by atoms with Gasteiger partial charge in [-0.3, -0.25) is 4.90 Å². The number of esters is 1. The third-order valence-electron chi connectivity index (χ3n) is 4.01. The monoisotopic (exact) mass is 332 g/mol. The average Bonchev–Trinajstić information content (AvgIpc) is 2.61. The molecule has 3 rings (SSSR count). The van der Waals surface area contributed by atoms with E-state index in [1.165, 1.54) is 7.11 Å². The van der Waals surface area contributed by atoms with Gasteiger partial charge in [-0.25, -0.2) is 9.78 Å². The molecule has 23 heavy (non-hydrogen) atoms. The Labute approximate surface area is 140 Å². The molecular weight excluding hydrogens is 314 g/mol. The van der Waals surface area contributed by atoms with Crippen LogP contribution in [0.2, 0.25) is 5.02 Å². The first-order chi connectivity index (χ1) is 11.2. The Bertz CT molecular complexity index is 700. The number of benzene rings is 1. The Balaban J connectivity index is 1.73. The van der Waals surface area contributed by atoms with Crippen molar-refractivity contribution < 1.29 is 14.5 Å². The van der Waals surface area contributed by atoms with Crippen LogP contribution in [-0.2, 0) is 4.74 Å². The lowest BCUT2D eigenvalue weighted by Gasteiger charge is -2.33. The van der Waals surface area contributed by atoms with Crippen LogP contribution in [0.15, 0.2) is 42.6 Å². The highest BCUT2D eigenvalue weighted by Crippen LogP contribution is 2.23. The maximum absolute atomic E-state index is 11.9. The molecule has 0 unspecified atom stereocenters. The first-order valence-electron chi connectivity index (χ1n) is 7.53. The van der Waals surface area contributed by atoms with Crippen LogP contribution in [0.1, 0.15) is 10.4 Å². The van der Waals surface area contributed by atoms with Gasteiger partial charge in [0.1, 0.15) is 18.7 Å². The van der Waals surface area contributed by atoms with Crippen molar-refractivity contribution >= 4 is 29.1 Å². The molecule has 0 amide bonds. The van der Waals surface area contributed by atoms with E-state index in [4.69, 9.17) is 16.3 Å². The number of aromatic nitrogens is 1. The maximum atomic E-state index is 11.9. The van der Waals surface area contributed by atoms with Crippen molar-refractivity contribution in [2.75, 3.05) is 43.1 Å². The Morgan fingerprint density at radius 1 is 1.13 bits per heavy atom. The first-order valence-corrected chi connectivity index (χ1v) is 7.91. The molecule has 1 fully saturated rings. The number of carbonyl (C=O) groups excluding carboxylic acids is 1. The number of nitrogens with one attached hydrogen (secondary N) is 1. The van der Waals surface area contributed by atoms with Gasteiger partial charge in [0.15, 0.2) is 0 Å². The molecule has 0 radical (unpaired) electrons. The maximum Gasteiger partial charge on any atom is 0.346 e. The van der Waals surface area contributed by atoms with Crippen molar-refractivity contribution in [1.29, 1.82) is 0 Å². The number of piperazine rings is 1. The Morgan fingerprint density at radius 2 is 1.87 bits per heavy atom. The predicted molar refractivity (Wildman–Crippen MR) is 90.2 cm³/mol. The number of methoxy groups -OCH3 is 1. The minimum atomic E-state index is -0.325. The molecule has 1 aromatic heterocycles. The fourth-order valence-electron chi connectivity index (χ4n) is 2.83. The van der Waals surface area contributed by atoms with E-state index >= 15 is 0 Å². The number of pyridine rings is 1. The zero-order valence-corrected chi connectivity index (χ0v) is 13.7. The summed E-state index contributed by atoms with van der Waals surface area (Å²) in [7, 11) is 1.40. The Hall–Kier alpha value is -2.27. The van der Waals surface area contributed by atoms with E-state index in [1.54, 1.807) is 12.1 Å². The van der Waals surface area contributed by atoms with Crippen LogP contribution < -0.4 is 14.8 Å². The van der Waals surface area contributed by atoms with Crippen molar-refractivity contribution in [3.05, 3.63) is 53.2 Å². The molecule has 5 nitrogen and oxygen atoms in total. The molecular formula is C17H19ClN3O2+. The van der Waals surface area contributed by atoms with Gasteiger partial charge in [-0.15, -0.1) is 0 Å². The summed E-state index contributed by atoms with van der Waals surface area (Å²) in [5, 5.41) is 0.745. The lowest BCUT2D eigenvalue weighted by molar-refractivity contribution is -0.364. The van der Waals surface area contributed by atoms with E-state index in [0.717, 1.165) is 42.7 Å². The fourth-order valence-corrected chi connectivity index (χ4v) is 3.01. The molecule has 0 bridgehead atoms. The molecule has 0 atom stereocenters. The predicted octanol–water partition coefficient (Wildman–Crippen LogP) is 2.27. The van der Waals surface area contributed by atoms with Crippen LogP contribution in [-0.4, -0.2) is 39.3 Å². The van der Waals surface area contributed by atoms with Gasteiger partial charge < -0.3 is 9.64 Å². The third-order valence-corrected chi connectivity index (χ3v) is 4.24. The molecule has 2 aromatic rings. The van der Waals surface area contributed by atoms with Gasteiger partial charge in [0, 0.05) is 10.7 Å². The molecule has 120 valence electrons. The SMILES string of the molecule is COC(=O)c1ccc[nH+]c1N1CCN(c2cccc(Cl)c2)CC1. The van der Waals surface area contributed by atoms with Gasteiger partial charge in [-0.2, -0.15) is 0 Å². The number of carbonyl (C=O) groups is 1. The van der Waals surface area contributed by atoms with Gasteiger partial charge >= 0.3 is 5.97 Å². The van der Waals surface area contributed by atoms with E-state index in [0.29, 0.717) is 5.56 Å². The summed E-state index contributed by atoms with van der Waals surface area (Å²) in [5.41, 5.74) is 1.69. The molecule has 6 heteroatoms. The molecule has 1 N–H and O–H groups in total. The minimum Gasteiger partial charge on any atom is -0.465 e. The lowest BCUT2D eigenvalue weighted by Crippen LogP contribution is -2.48. The summed E-state index contributed by atoms with van der Waals surface area (Å²) in [6.07, 6.45) is 1.82. The third kappa shape index (κ3) is 3.40. The standard InChI is InChI=1S/C17H18ClN3O2/c1-23-17(22)15-6-3-7-19-16(15)21-10-8-20(9-11-21)14-5-2-4-13(18)12-14/h2-7,12H,8-11H2,1H3/p+1. The van der Waals surface area contributed by atoms with E-state index in [1.807, 2.05) is 24.4 Å². The molecule has 0 spiro atoms. The summed E-state index contributed by atoms with van der Waals surface area (Å²) in [4.78, 5) is 19.5. The average molecular weight is 333 g/mol. The van der Waals surface area contributed by atoms with Crippen molar-refractivity contribution in [3.63, 3.8) is 0 Å². The Morgan fingerprint density at radius 3 is 2.57 bits per heavy atom. The van der Waals surface area contributed by atoms with Gasteiger partial charge in [0.05, 0.1) is 26.4 Å². The molecule has 2 heterocycles. The van der Waals surface area contributed by atoms with Gasteiger partial charge in [-0.1, -0.05) is 17.7 Å². The zero-order chi connectivity index (χ0) is 16.2. The summed E-state index contributed by atoms with van der Waals surface area (Å²) >= 11 is 6.07. The van der Waals surface area contributed by atoms with Crippen LogP contribution >= 0.6 is 11.6 Å². The first kappa shape index (κ1) is 15.6. The summed E-state index contributed by atoms with van der Waals surface area (Å²) < 4.78 is 4.86. The molecule has 1 aliphatic heterocycles. The number of rotatable bonds is 3. The largest absolute Gasteiger partial charge is 0.465 e. The summed E-state index contributed by atoms with van der Waals surface area (Å²) in [6, 6.07) is 11.5. The van der Waals surface area contributed by atoms with Crippen molar-refractivity contribution in [2.24, 2.45) is 0 Å². The van der Waals surface area contributed by atoms with Crippen molar-refractivity contribution in [2.45, 2.75) is 0 Å². The quantitative estimate of drug-likeness (QED) is 0.809. The number of anilines is 2. The van der Waals surface area contributed by atoms with Crippen LogP contribution in [0.4, 0.5) is 11.5 Å². The number of hydrogen-bond donors (Lipinski definition) is 0. The van der Waals surface area contributed by atoms with Gasteiger partial charge in [0.2, 0.25) is 0 Å². The van der Waals surface area contributed by atoms with Gasteiger partial charge in [0.25, 0.3) is 5.82 Å². The van der Waals surface area contributed by atoms with Crippen LogP contribution in [0.25, 0.3) is 0 Å². The second-order valence-electron chi connectivity index (χ2n) is 5.38. The second kappa shape index (κ2) is 6.87. The molecule has 0 saturated carbocycles. The lowest BCUT2D eigenvalue weighted by atomic mass is 10.2. The van der Waals surface area contributed by atoms with E-state index in [2.05, 4.69) is 20.9 Å². The number of nitrogens with zero attached hydrogens (tertiary/aromatic N) is 2. The highest BCUT2D eigenvalue weighted by atomic mass is 35.5. The normalized spacial score (nSPS) is 14.7. The van der Waals surface area contributed by atoms with E-state index in [9.17, 15) is 4.79 Å². The van der Waals surface area contributed by atoms with E-state index < -0.39 is 0 Å². The number of aromatic amines is 1. The van der Waals surface area contributed by atoms with E-state index in [-0.39, 0.29) is 5.97 Å². The number of H-pyrrole nitrogens is 1. The number of halogens is 1. The van der Waals surface area contributed by atoms with Gasteiger partial charge in [-0.05, 0) is 30.3 Å². The smallest absolute Gasteiger partial charge is 0.346 e. The van der Waals surface area contributed by atoms with Crippen molar-refractivity contribution in [3.8, 4) is 0 Å². The van der Waals surface area contributed by atoms with Crippen molar-refractivity contribution in [1.82, 2.24) is 0 Å². The van der Waals surface area contributed by atoms with Crippen LogP contribution in [0.3, 0.4) is 0 Å². The highest BCUT2D eigenvalue weighted by Gasteiger charge is 2.28. The zero-order valence-electron chi connectivity index (χ0n) is 13.0. The molecule has 0 aliphatic carbocycles. The summed E-state index contributed by atoms with van der Waals surface area (Å²) in [5.74, 6) is 0.485. The fraction of sp³-hybridized carbons (Fsp3) is 0.294.